The lowest BCUT2D eigenvalue weighted by Crippen LogP contribution is -1.87. The molecule has 0 rings (SSSR count). The van der Waals surface area contributed by atoms with Gasteiger partial charge in [0.1, 0.15) is 0 Å². The molecule has 0 aromatic heterocycles. The van der Waals surface area contributed by atoms with E-state index in [4.69, 9.17) is 10.2 Å². The predicted molar refractivity (Wildman–Crippen MR) is 30.9 cm³/mol. The summed E-state index contributed by atoms with van der Waals surface area (Å²) in [5.41, 5.74) is 0. The van der Waals surface area contributed by atoms with Crippen molar-refractivity contribution in [2.45, 2.75) is 0 Å². The van der Waals surface area contributed by atoms with Gasteiger partial charge in [-0.25, -0.2) is 9.59 Å². The van der Waals surface area contributed by atoms with Crippen molar-refractivity contribution in [1.29, 1.82) is 0 Å². The van der Waals surface area contributed by atoms with Crippen LogP contribution in [0.5, 0.6) is 0 Å². The van der Waals surface area contributed by atoms with Gasteiger partial charge in [-0.1, -0.05) is 10.2 Å². The second-order valence-corrected chi connectivity index (χ2v) is 0.765. The van der Waals surface area contributed by atoms with E-state index >= 15 is 0 Å². The third-order valence-corrected chi connectivity index (χ3v) is 0.221. The topological polar surface area (TPSA) is 169 Å². The van der Waals surface area contributed by atoms with E-state index in [0.29, 0.717) is 0 Å². The van der Waals surface area contributed by atoms with Gasteiger partial charge in [0.25, 0.3) is 0 Å². The zero-order chi connectivity index (χ0) is 6.57. The average Bonchev–Trinajstić information content (AvgIpc) is 1.61. The SMILES string of the molecule is N.N.O=C(O)/N=N/C(=O)O. The van der Waals surface area contributed by atoms with Crippen LogP contribution in [0.25, 0.3) is 0 Å². The lowest BCUT2D eigenvalue weighted by Gasteiger charge is -1.72. The molecule has 0 aromatic carbocycles. The van der Waals surface area contributed by atoms with Crippen molar-refractivity contribution in [2.24, 2.45) is 10.2 Å². The van der Waals surface area contributed by atoms with Gasteiger partial charge in [0, 0.05) is 0 Å². The molecule has 0 unspecified atom stereocenters. The van der Waals surface area contributed by atoms with Gasteiger partial charge < -0.3 is 22.5 Å². The maximum atomic E-state index is 9.38. The summed E-state index contributed by atoms with van der Waals surface area (Å²) >= 11 is 0. The standard InChI is InChI=1S/C2H2N2O4.2H3N/c5-1(6)3-4-2(7)8;;/h(H,5,6)(H,7,8);2*1H3/b4-3+;;. The maximum absolute atomic E-state index is 9.38. The van der Waals surface area contributed by atoms with Crippen LogP contribution in [0, 0.1) is 0 Å². The van der Waals surface area contributed by atoms with Crippen LogP contribution in [0.3, 0.4) is 0 Å². The van der Waals surface area contributed by atoms with Gasteiger partial charge in [0.05, 0.1) is 0 Å². The summed E-state index contributed by atoms with van der Waals surface area (Å²) in [6.45, 7) is 0. The van der Waals surface area contributed by atoms with Crippen molar-refractivity contribution < 1.29 is 19.8 Å². The Morgan fingerprint density at radius 3 is 1.20 bits per heavy atom. The van der Waals surface area contributed by atoms with Gasteiger partial charge in [0.2, 0.25) is 0 Å². The maximum Gasteiger partial charge on any atom is 0.450 e. The Bertz CT molecular complexity index is 126. The van der Waals surface area contributed by atoms with E-state index in [0.717, 1.165) is 0 Å². The lowest BCUT2D eigenvalue weighted by atomic mass is 11.2. The molecule has 2 amide bonds. The Labute approximate surface area is 55.7 Å². The van der Waals surface area contributed by atoms with Crippen molar-refractivity contribution in [1.82, 2.24) is 12.3 Å². The molecule has 0 fully saturated rings. The molecular weight excluding hydrogens is 144 g/mol. The van der Waals surface area contributed by atoms with Crippen LogP contribution in [0.15, 0.2) is 10.2 Å². The number of azo groups is 1. The Morgan fingerprint density at radius 1 is 0.900 bits per heavy atom. The predicted octanol–water partition coefficient (Wildman–Crippen LogP) is 1.12. The van der Waals surface area contributed by atoms with E-state index in [2.05, 4.69) is 10.2 Å². The Hall–Kier alpha value is -1.54. The molecule has 0 saturated heterocycles. The highest BCUT2D eigenvalue weighted by molar-refractivity contribution is 5.70. The molecule has 8 nitrogen and oxygen atoms in total. The molecule has 0 radical (unpaired) electrons. The zero-order valence-corrected chi connectivity index (χ0v) is 5.02. The monoisotopic (exact) mass is 152 g/mol. The van der Waals surface area contributed by atoms with Crippen molar-refractivity contribution in [3.8, 4) is 0 Å². The van der Waals surface area contributed by atoms with Gasteiger partial charge in [-0.15, -0.1) is 0 Å². The molecule has 0 aliphatic heterocycles. The summed E-state index contributed by atoms with van der Waals surface area (Å²) in [6, 6.07) is 0. The third-order valence-electron chi connectivity index (χ3n) is 0.221. The number of carboxylic acid groups (broad SMARTS) is 2. The molecule has 60 valence electrons. The molecule has 0 heterocycles. The van der Waals surface area contributed by atoms with Crippen LogP contribution in [0.2, 0.25) is 0 Å². The molecule has 8 N–H and O–H groups in total. The molecule has 0 bridgehead atoms. The first-order chi connectivity index (χ1) is 3.63. The fourth-order valence-corrected chi connectivity index (χ4v) is 0.0855. The quantitative estimate of drug-likeness (QED) is 0.378. The fraction of sp³-hybridized carbons (Fsp3) is 0. The van der Waals surface area contributed by atoms with Gasteiger partial charge >= 0.3 is 12.2 Å². The van der Waals surface area contributed by atoms with Crippen LogP contribution >= 0.6 is 0 Å². The van der Waals surface area contributed by atoms with Gasteiger partial charge in [0.15, 0.2) is 0 Å². The Kier molecular flexibility index (Phi) is 11.8. The molecule has 8 heteroatoms. The van der Waals surface area contributed by atoms with Gasteiger partial charge in [-0.3, -0.25) is 0 Å². The van der Waals surface area contributed by atoms with E-state index in [1.165, 1.54) is 0 Å². The molecule has 0 atom stereocenters. The Balaban J connectivity index is -0.000000245. The van der Waals surface area contributed by atoms with E-state index in [9.17, 15) is 9.59 Å². The molecule has 0 saturated carbocycles. The molecule has 0 aliphatic rings. The second-order valence-electron chi connectivity index (χ2n) is 0.765. The number of amides is 2. The zero-order valence-electron chi connectivity index (χ0n) is 5.02. The van der Waals surface area contributed by atoms with Crippen molar-refractivity contribution in [3.05, 3.63) is 0 Å². The summed E-state index contributed by atoms with van der Waals surface area (Å²) in [5, 5.41) is 19.8. The van der Waals surface area contributed by atoms with Crippen LogP contribution in [0.4, 0.5) is 9.59 Å². The number of hydrogen-bond donors (Lipinski definition) is 4. The molecule has 10 heavy (non-hydrogen) atoms. The minimum absolute atomic E-state index is 0. The summed E-state index contributed by atoms with van der Waals surface area (Å²) in [6.07, 6.45) is -3.24. The highest BCUT2D eigenvalue weighted by Crippen LogP contribution is 1.76. The van der Waals surface area contributed by atoms with Crippen LogP contribution in [-0.4, -0.2) is 22.4 Å². The first-order valence-electron chi connectivity index (χ1n) is 1.50. The van der Waals surface area contributed by atoms with Crippen LogP contribution in [-0.2, 0) is 0 Å². The smallest absolute Gasteiger partial charge is 0.450 e. The minimum atomic E-state index is -1.62. The molecule has 0 aliphatic carbocycles. The average molecular weight is 152 g/mol. The first kappa shape index (κ1) is 15.8. The van der Waals surface area contributed by atoms with E-state index in [1.807, 2.05) is 0 Å². The lowest BCUT2D eigenvalue weighted by molar-refractivity contribution is 0.194. The van der Waals surface area contributed by atoms with Gasteiger partial charge in [-0.05, 0) is 0 Å². The fourth-order valence-electron chi connectivity index (χ4n) is 0.0855. The Morgan fingerprint density at radius 2 is 1.10 bits per heavy atom. The number of rotatable bonds is 0. The molecule has 0 aromatic rings. The van der Waals surface area contributed by atoms with Gasteiger partial charge in [-0.2, -0.15) is 0 Å². The minimum Gasteiger partial charge on any atom is -0.462 e. The summed E-state index contributed by atoms with van der Waals surface area (Å²) in [4.78, 5) is 18.8. The highest BCUT2D eigenvalue weighted by Gasteiger charge is 1.91. The van der Waals surface area contributed by atoms with E-state index in [1.54, 1.807) is 0 Å². The summed E-state index contributed by atoms with van der Waals surface area (Å²) in [7, 11) is 0. The van der Waals surface area contributed by atoms with E-state index < -0.39 is 12.2 Å². The number of hydrogen-bond acceptors (Lipinski definition) is 4. The van der Waals surface area contributed by atoms with E-state index in [-0.39, 0.29) is 12.3 Å². The molecule has 0 spiro atoms. The van der Waals surface area contributed by atoms with Crippen molar-refractivity contribution >= 4 is 12.2 Å². The largest absolute Gasteiger partial charge is 0.462 e. The molecular formula is C2H8N4O4. The normalized spacial score (nSPS) is 7.60. The second kappa shape index (κ2) is 7.46. The number of carbonyl (C=O) groups is 2. The summed E-state index contributed by atoms with van der Waals surface area (Å²) in [5.74, 6) is 0. The number of nitrogens with zero attached hydrogens (tertiary/aromatic N) is 2. The van der Waals surface area contributed by atoms with Crippen LogP contribution < -0.4 is 12.3 Å². The van der Waals surface area contributed by atoms with Crippen molar-refractivity contribution in [3.63, 3.8) is 0 Å². The van der Waals surface area contributed by atoms with Crippen LogP contribution in [0.1, 0.15) is 0 Å². The van der Waals surface area contributed by atoms with Crippen molar-refractivity contribution in [2.75, 3.05) is 0 Å². The summed E-state index contributed by atoms with van der Waals surface area (Å²) < 4.78 is 0. The highest BCUT2D eigenvalue weighted by atomic mass is 16.4. The first-order valence-corrected chi connectivity index (χ1v) is 1.50. The third kappa shape index (κ3) is 16.1.